The van der Waals surface area contributed by atoms with Crippen molar-refractivity contribution in [3.8, 4) is 11.5 Å². The second-order valence-corrected chi connectivity index (χ2v) is 10.5. The lowest BCUT2D eigenvalue weighted by molar-refractivity contribution is -0.118. The molecular formula is C24H26N2O5S. The summed E-state index contributed by atoms with van der Waals surface area (Å²) in [6.07, 6.45) is 1.54. The predicted octanol–water partition coefficient (Wildman–Crippen LogP) is 4.59. The standard InChI is InChI=1S/C24H26N2O5S/c1-23(2,3)21-17(12-32(28)29)16-11-15(5-6-18(16)26-21)25-22(27)24(8-9-24)14-4-7-19-20(10-14)31-13-30-19/h4-7,10-11,26H,8-9,12-13H2,1-3H3,(H,25,27)(H,28,29). The van der Waals surface area contributed by atoms with Crippen molar-refractivity contribution in [3.63, 3.8) is 0 Å². The summed E-state index contributed by atoms with van der Waals surface area (Å²) < 4.78 is 32.1. The van der Waals surface area contributed by atoms with Crippen LogP contribution in [0.3, 0.4) is 0 Å². The molecule has 3 aromatic rings. The van der Waals surface area contributed by atoms with E-state index in [2.05, 4.69) is 31.1 Å². The van der Waals surface area contributed by atoms with Gasteiger partial charge in [0.25, 0.3) is 0 Å². The van der Waals surface area contributed by atoms with Gasteiger partial charge in [0.1, 0.15) is 0 Å². The van der Waals surface area contributed by atoms with Crippen LogP contribution < -0.4 is 14.8 Å². The van der Waals surface area contributed by atoms with Crippen LogP contribution in [0.2, 0.25) is 0 Å². The number of H-pyrrole nitrogens is 1. The summed E-state index contributed by atoms with van der Waals surface area (Å²) in [5.41, 5.74) is 3.42. The Bertz CT molecular complexity index is 1250. The number of aromatic nitrogens is 1. The average Bonchev–Trinajstić information content (AvgIpc) is 3.27. The van der Waals surface area contributed by atoms with E-state index in [1.165, 1.54) is 0 Å². The Morgan fingerprint density at radius 1 is 1.16 bits per heavy atom. The number of nitrogens with one attached hydrogen (secondary N) is 2. The van der Waals surface area contributed by atoms with E-state index in [0.29, 0.717) is 17.2 Å². The van der Waals surface area contributed by atoms with Gasteiger partial charge in [-0.3, -0.25) is 4.79 Å². The highest BCUT2D eigenvalue weighted by atomic mass is 32.2. The van der Waals surface area contributed by atoms with Crippen LogP contribution in [0.1, 0.15) is 50.4 Å². The van der Waals surface area contributed by atoms with E-state index in [1.54, 1.807) is 0 Å². The number of hydrogen-bond donors (Lipinski definition) is 3. The Labute approximate surface area is 188 Å². The van der Waals surface area contributed by atoms with Gasteiger partial charge in [-0.1, -0.05) is 26.8 Å². The van der Waals surface area contributed by atoms with Crippen LogP contribution >= 0.6 is 0 Å². The fourth-order valence-corrected chi connectivity index (χ4v) is 5.00. The van der Waals surface area contributed by atoms with Crippen molar-refractivity contribution in [1.29, 1.82) is 0 Å². The first-order chi connectivity index (χ1) is 15.2. The van der Waals surface area contributed by atoms with Gasteiger partial charge in [-0.25, -0.2) is 4.21 Å². The van der Waals surface area contributed by atoms with Crippen molar-refractivity contribution < 1.29 is 23.0 Å². The average molecular weight is 455 g/mol. The molecule has 2 aromatic carbocycles. The highest BCUT2D eigenvalue weighted by Gasteiger charge is 2.51. The fraction of sp³-hybridized carbons (Fsp3) is 0.375. The first-order valence-corrected chi connectivity index (χ1v) is 11.9. The van der Waals surface area contributed by atoms with Crippen LogP contribution in [-0.2, 0) is 32.5 Å². The molecule has 0 radical (unpaired) electrons. The number of amides is 1. The van der Waals surface area contributed by atoms with Gasteiger partial charge in [0, 0.05) is 27.7 Å². The van der Waals surface area contributed by atoms with E-state index in [-0.39, 0.29) is 23.9 Å². The largest absolute Gasteiger partial charge is 0.454 e. The lowest BCUT2D eigenvalue weighted by atomic mass is 9.89. The van der Waals surface area contributed by atoms with Crippen LogP contribution in [0.5, 0.6) is 11.5 Å². The van der Waals surface area contributed by atoms with Gasteiger partial charge < -0.3 is 24.3 Å². The highest BCUT2D eigenvalue weighted by molar-refractivity contribution is 7.78. The van der Waals surface area contributed by atoms with Crippen LogP contribution in [-0.4, -0.2) is 26.4 Å². The van der Waals surface area contributed by atoms with Crippen molar-refractivity contribution in [3.05, 3.63) is 53.2 Å². The fourth-order valence-electron chi connectivity index (χ4n) is 4.46. The molecule has 1 saturated carbocycles. The number of rotatable bonds is 5. The zero-order chi connectivity index (χ0) is 22.7. The summed E-state index contributed by atoms with van der Waals surface area (Å²) >= 11 is -1.97. The molecule has 1 atom stereocenters. The lowest BCUT2D eigenvalue weighted by Gasteiger charge is -2.19. The third kappa shape index (κ3) is 3.57. The van der Waals surface area contributed by atoms with Crippen molar-refractivity contribution in [1.82, 2.24) is 4.98 Å². The molecule has 1 aliphatic heterocycles. The maximum atomic E-state index is 13.3. The van der Waals surface area contributed by atoms with Gasteiger partial charge in [0.05, 0.1) is 11.2 Å². The van der Waals surface area contributed by atoms with Gasteiger partial charge in [-0.05, 0) is 54.3 Å². The maximum absolute atomic E-state index is 13.3. The van der Waals surface area contributed by atoms with E-state index < -0.39 is 16.5 Å². The van der Waals surface area contributed by atoms with E-state index in [4.69, 9.17) is 9.47 Å². The Kier molecular flexibility index (Phi) is 4.83. The summed E-state index contributed by atoms with van der Waals surface area (Å²) in [6.45, 7) is 6.39. The molecule has 1 aromatic heterocycles. The molecule has 2 aliphatic rings. The van der Waals surface area contributed by atoms with Crippen LogP contribution in [0, 0.1) is 0 Å². The number of anilines is 1. The normalized spacial score (nSPS) is 17.4. The molecule has 3 N–H and O–H groups in total. The number of benzene rings is 2. The van der Waals surface area contributed by atoms with E-state index in [0.717, 1.165) is 40.6 Å². The smallest absolute Gasteiger partial charge is 0.235 e. The van der Waals surface area contributed by atoms with Crippen LogP contribution in [0.25, 0.3) is 10.9 Å². The zero-order valence-electron chi connectivity index (χ0n) is 18.3. The molecule has 0 bridgehead atoms. The lowest BCUT2D eigenvalue weighted by Crippen LogP contribution is -2.27. The van der Waals surface area contributed by atoms with Gasteiger partial charge in [-0.2, -0.15) is 0 Å². The minimum absolute atomic E-state index is 0.0329. The van der Waals surface area contributed by atoms with Crippen molar-refractivity contribution in [2.45, 2.75) is 50.2 Å². The highest BCUT2D eigenvalue weighted by Crippen LogP contribution is 2.51. The molecule has 7 nitrogen and oxygen atoms in total. The molecule has 32 heavy (non-hydrogen) atoms. The minimum Gasteiger partial charge on any atom is -0.454 e. The van der Waals surface area contributed by atoms with E-state index in [1.807, 2.05) is 36.4 Å². The molecule has 0 spiro atoms. The Morgan fingerprint density at radius 3 is 2.59 bits per heavy atom. The first-order valence-electron chi connectivity index (χ1n) is 10.6. The topological polar surface area (TPSA) is 101 Å². The van der Waals surface area contributed by atoms with Gasteiger partial charge in [-0.15, -0.1) is 0 Å². The second kappa shape index (κ2) is 7.35. The van der Waals surface area contributed by atoms with Gasteiger partial charge >= 0.3 is 0 Å². The summed E-state index contributed by atoms with van der Waals surface area (Å²) in [5.74, 6) is 1.35. The number of carbonyl (C=O) groups excluding carboxylic acids is 1. The number of carbonyl (C=O) groups is 1. The number of hydrogen-bond acceptors (Lipinski definition) is 4. The molecule has 1 unspecified atom stereocenters. The molecule has 1 fully saturated rings. The molecule has 0 saturated heterocycles. The Balaban J connectivity index is 1.46. The van der Waals surface area contributed by atoms with Crippen molar-refractivity contribution >= 4 is 33.6 Å². The Morgan fingerprint density at radius 2 is 1.91 bits per heavy atom. The summed E-state index contributed by atoms with van der Waals surface area (Å²) in [4.78, 5) is 16.7. The molecule has 168 valence electrons. The van der Waals surface area contributed by atoms with Crippen LogP contribution in [0.4, 0.5) is 5.69 Å². The molecule has 1 aliphatic carbocycles. The summed E-state index contributed by atoms with van der Waals surface area (Å²) in [5, 5.41) is 3.92. The van der Waals surface area contributed by atoms with Crippen molar-refractivity contribution in [2.24, 2.45) is 0 Å². The molecule has 1 amide bonds. The SMILES string of the molecule is CC(C)(C)c1[nH]c2ccc(NC(=O)C3(c4ccc5c(c4)OCO5)CC3)cc2c1CS(=O)O. The predicted molar refractivity (Wildman–Crippen MR) is 124 cm³/mol. The molecule has 2 heterocycles. The third-order valence-electron chi connectivity index (χ3n) is 6.29. The van der Waals surface area contributed by atoms with E-state index >= 15 is 0 Å². The summed E-state index contributed by atoms with van der Waals surface area (Å²) in [6, 6.07) is 11.3. The minimum atomic E-state index is -1.97. The number of fused-ring (bicyclic) bond motifs is 2. The Hall–Kier alpha value is -2.84. The van der Waals surface area contributed by atoms with Gasteiger partial charge in [0.15, 0.2) is 22.6 Å². The van der Waals surface area contributed by atoms with Crippen molar-refractivity contribution in [2.75, 3.05) is 12.1 Å². The van der Waals surface area contributed by atoms with E-state index in [9.17, 15) is 13.6 Å². The summed E-state index contributed by atoms with van der Waals surface area (Å²) in [7, 11) is 0. The molecule has 5 rings (SSSR count). The third-order valence-corrected chi connectivity index (χ3v) is 6.83. The maximum Gasteiger partial charge on any atom is 0.235 e. The molecule has 8 heteroatoms. The van der Waals surface area contributed by atoms with Gasteiger partial charge in [0.2, 0.25) is 12.7 Å². The second-order valence-electron chi connectivity index (χ2n) is 9.56. The monoisotopic (exact) mass is 454 g/mol. The first kappa shape index (κ1) is 21.0. The molecular weight excluding hydrogens is 428 g/mol. The van der Waals surface area contributed by atoms with Crippen LogP contribution in [0.15, 0.2) is 36.4 Å². The zero-order valence-corrected chi connectivity index (χ0v) is 19.1. The quantitative estimate of drug-likeness (QED) is 0.490. The number of aromatic amines is 1. The number of ether oxygens (including phenoxy) is 2.